The smallest absolute Gasteiger partial charge is 0.129 e. The van der Waals surface area contributed by atoms with E-state index in [0.717, 1.165) is 23.3 Å². The molecule has 0 fully saturated rings. The molecular weight excluding hydrogens is 312 g/mol. The molecule has 0 bridgehead atoms. The molecule has 2 heterocycles. The Kier molecular flexibility index (Phi) is 6.31. The van der Waals surface area contributed by atoms with Crippen molar-refractivity contribution < 1.29 is 0 Å². The number of nitrogens with zero attached hydrogens (tertiary/aromatic N) is 2. The zero-order valence-electron chi connectivity index (χ0n) is 12.4. The summed E-state index contributed by atoms with van der Waals surface area (Å²) in [4.78, 5) is 9.54. The average Bonchev–Trinajstić information content (AvgIpc) is 3.04. The van der Waals surface area contributed by atoms with E-state index >= 15 is 0 Å². The summed E-state index contributed by atoms with van der Waals surface area (Å²) in [5, 5.41) is 2.55. The number of hydrogen-bond donors (Lipinski definition) is 0. The number of pyridine rings is 1. The topological polar surface area (TPSA) is 25.2 Å². The maximum absolute atomic E-state index is 5.78. The number of allylic oxidation sites excluding steroid dienone is 4. The van der Waals surface area contributed by atoms with E-state index in [-0.39, 0.29) is 0 Å². The highest BCUT2D eigenvalue weighted by Crippen LogP contribution is 2.17. The second-order valence-corrected chi connectivity index (χ2v) is 5.94. The molecule has 0 aliphatic carbocycles. The first-order valence-corrected chi connectivity index (χ1v) is 8.09. The first-order chi connectivity index (χ1) is 10.7. The molecule has 0 saturated heterocycles. The molecule has 0 amide bonds. The maximum atomic E-state index is 5.78. The summed E-state index contributed by atoms with van der Waals surface area (Å²) in [6, 6.07) is 7.81. The third kappa shape index (κ3) is 5.10. The van der Waals surface area contributed by atoms with Crippen molar-refractivity contribution in [3.05, 3.63) is 76.2 Å². The summed E-state index contributed by atoms with van der Waals surface area (Å²) in [7, 11) is 1.79. The van der Waals surface area contributed by atoms with Crippen LogP contribution in [0.5, 0.6) is 0 Å². The van der Waals surface area contributed by atoms with Gasteiger partial charge in [-0.15, -0.1) is 11.3 Å². The van der Waals surface area contributed by atoms with Crippen molar-refractivity contribution in [2.45, 2.75) is 6.42 Å². The van der Waals surface area contributed by atoms with Gasteiger partial charge in [0, 0.05) is 18.1 Å². The molecule has 112 valence electrons. The zero-order chi connectivity index (χ0) is 15.8. The van der Waals surface area contributed by atoms with Crippen molar-refractivity contribution in [3.63, 3.8) is 0 Å². The van der Waals surface area contributed by atoms with Crippen molar-refractivity contribution in [1.29, 1.82) is 0 Å². The van der Waals surface area contributed by atoms with Gasteiger partial charge in [0.2, 0.25) is 0 Å². The van der Waals surface area contributed by atoms with Gasteiger partial charge in [0.05, 0.1) is 5.71 Å². The van der Waals surface area contributed by atoms with Crippen molar-refractivity contribution in [2.75, 3.05) is 7.05 Å². The average molecular weight is 329 g/mol. The van der Waals surface area contributed by atoms with Crippen LogP contribution < -0.4 is 0 Å². The summed E-state index contributed by atoms with van der Waals surface area (Å²) >= 11 is 7.49. The van der Waals surface area contributed by atoms with Crippen LogP contribution in [0.1, 0.15) is 16.9 Å². The summed E-state index contributed by atoms with van der Waals surface area (Å²) in [6.07, 6.45) is 10.6. The number of rotatable bonds is 6. The molecule has 4 heteroatoms. The van der Waals surface area contributed by atoms with E-state index < -0.39 is 0 Å². The van der Waals surface area contributed by atoms with E-state index in [2.05, 4.69) is 40.2 Å². The van der Waals surface area contributed by atoms with Crippen molar-refractivity contribution in [1.82, 2.24) is 4.98 Å². The Morgan fingerprint density at radius 3 is 2.86 bits per heavy atom. The number of halogens is 1. The van der Waals surface area contributed by atoms with Gasteiger partial charge in [-0.05, 0) is 53.3 Å². The highest BCUT2D eigenvalue weighted by molar-refractivity contribution is 7.10. The highest BCUT2D eigenvalue weighted by atomic mass is 35.5. The number of aromatic nitrogens is 1. The van der Waals surface area contributed by atoms with Gasteiger partial charge in [-0.25, -0.2) is 4.98 Å². The first-order valence-electron chi connectivity index (χ1n) is 6.83. The maximum Gasteiger partial charge on any atom is 0.129 e. The fraction of sp³-hybridized carbons (Fsp3) is 0.111. The van der Waals surface area contributed by atoms with Gasteiger partial charge in [-0.1, -0.05) is 36.4 Å². The van der Waals surface area contributed by atoms with Crippen molar-refractivity contribution >= 4 is 40.3 Å². The van der Waals surface area contributed by atoms with Gasteiger partial charge in [-0.2, -0.15) is 0 Å². The summed E-state index contributed by atoms with van der Waals surface area (Å²) in [5.41, 5.74) is 2.92. The molecule has 2 aromatic heterocycles. The second kappa shape index (κ2) is 8.47. The SMILES string of the molecule is C=C(C/C=C\C(/C=C/c1cccs1)=NC)c1ccc(Cl)nc1. The quantitative estimate of drug-likeness (QED) is 0.505. The lowest BCUT2D eigenvalue weighted by Gasteiger charge is -2.02. The molecule has 0 aliphatic heterocycles. The first kappa shape index (κ1) is 16.4. The van der Waals surface area contributed by atoms with Crippen LogP contribution in [0, 0.1) is 0 Å². The monoisotopic (exact) mass is 328 g/mol. The number of aliphatic imine (C=N–C) groups is 1. The summed E-state index contributed by atoms with van der Waals surface area (Å²) in [5.74, 6) is 0. The Bertz CT molecular complexity index is 695. The van der Waals surface area contributed by atoms with E-state index in [1.165, 1.54) is 4.88 Å². The van der Waals surface area contributed by atoms with Gasteiger partial charge < -0.3 is 0 Å². The van der Waals surface area contributed by atoms with Crippen LogP contribution in [0.25, 0.3) is 11.6 Å². The third-order valence-corrected chi connectivity index (χ3v) is 4.07. The molecule has 0 spiro atoms. The van der Waals surface area contributed by atoms with Gasteiger partial charge in [0.1, 0.15) is 5.15 Å². The normalized spacial score (nSPS) is 12.4. The highest BCUT2D eigenvalue weighted by Gasteiger charge is 1.98. The molecule has 2 rings (SSSR count). The van der Waals surface area contributed by atoms with E-state index in [4.69, 9.17) is 11.6 Å². The van der Waals surface area contributed by atoms with E-state index in [1.807, 2.05) is 24.3 Å². The lowest BCUT2D eigenvalue weighted by Crippen LogP contribution is -1.88. The Hall–Kier alpha value is -1.97. The molecular formula is C18H17ClN2S. The van der Waals surface area contributed by atoms with Gasteiger partial charge >= 0.3 is 0 Å². The van der Waals surface area contributed by atoms with Gasteiger partial charge in [0.15, 0.2) is 0 Å². The Labute approximate surface area is 140 Å². The minimum atomic E-state index is 0.492. The molecule has 0 aliphatic rings. The standard InChI is InChI=1S/C18H17ClN2S/c1-14(15-8-11-18(19)21-13-15)5-3-6-16(20-2)9-10-17-7-4-12-22-17/h3-4,6-13H,1,5H2,2H3/b6-3-,10-9+,20-16?. The molecule has 0 N–H and O–H groups in total. The van der Waals surface area contributed by atoms with Crippen LogP contribution in [-0.4, -0.2) is 17.7 Å². The Morgan fingerprint density at radius 1 is 1.36 bits per heavy atom. The number of thiophene rings is 1. The molecule has 0 saturated carbocycles. The van der Waals surface area contributed by atoms with Crippen LogP contribution >= 0.6 is 22.9 Å². The van der Waals surface area contributed by atoms with Crippen molar-refractivity contribution in [2.24, 2.45) is 4.99 Å². The molecule has 0 aromatic carbocycles. The predicted molar refractivity (Wildman–Crippen MR) is 98.8 cm³/mol. The van der Waals surface area contributed by atoms with Crippen LogP contribution in [-0.2, 0) is 0 Å². The Morgan fingerprint density at radius 2 is 2.23 bits per heavy atom. The molecule has 22 heavy (non-hydrogen) atoms. The number of hydrogen-bond acceptors (Lipinski definition) is 3. The predicted octanol–water partition coefficient (Wildman–Crippen LogP) is 5.54. The Balaban J connectivity index is 1.92. The lowest BCUT2D eigenvalue weighted by atomic mass is 10.1. The van der Waals surface area contributed by atoms with Gasteiger partial charge in [-0.3, -0.25) is 4.99 Å². The molecule has 2 aromatic rings. The second-order valence-electron chi connectivity index (χ2n) is 4.58. The van der Waals surface area contributed by atoms with E-state index in [0.29, 0.717) is 5.15 Å². The minimum absolute atomic E-state index is 0.492. The lowest BCUT2D eigenvalue weighted by molar-refractivity contribution is 1.28. The van der Waals surface area contributed by atoms with E-state index in [9.17, 15) is 0 Å². The molecule has 0 radical (unpaired) electrons. The fourth-order valence-electron chi connectivity index (χ4n) is 1.78. The van der Waals surface area contributed by atoms with Crippen LogP contribution in [0.3, 0.4) is 0 Å². The zero-order valence-corrected chi connectivity index (χ0v) is 13.9. The van der Waals surface area contributed by atoms with Crippen LogP contribution in [0.2, 0.25) is 5.15 Å². The summed E-state index contributed by atoms with van der Waals surface area (Å²) in [6.45, 7) is 4.07. The molecule has 0 atom stereocenters. The minimum Gasteiger partial charge on any atom is -0.289 e. The van der Waals surface area contributed by atoms with Gasteiger partial charge in [0.25, 0.3) is 0 Å². The van der Waals surface area contributed by atoms with E-state index in [1.54, 1.807) is 30.6 Å². The van der Waals surface area contributed by atoms with Crippen LogP contribution in [0.4, 0.5) is 0 Å². The van der Waals surface area contributed by atoms with Crippen LogP contribution in [0.15, 0.2) is 65.6 Å². The fourth-order valence-corrected chi connectivity index (χ4v) is 2.51. The molecule has 0 unspecified atom stereocenters. The van der Waals surface area contributed by atoms with Crippen molar-refractivity contribution in [3.8, 4) is 0 Å². The third-order valence-electron chi connectivity index (χ3n) is 3.01. The largest absolute Gasteiger partial charge is 0.289 e. The summed E-state index contributed by atoms with van der Waals surface area (Å²) < 4.78 is 0. The molecule has 2 nitrogen and oxygen atoms in total.